The number of hydrogen-bond donors (Lipinski definition) is 4. The van der Waals surface area contributed by atoms with E-state index in [9.17, 15) is 33.3 Å². The van der Waals surface area contributed by atoms with Crippen LogP contribution >= 0.6 is 30.5 Å². The molecule has 1 aromatic heterocycles. The molecule has 18 nitrogen and oxygen atoms in total. The van der Waals surface area contributed by atoms with E-state index in [4.69, 9.17) is 16.3 Å². The van der Waals surface area contributed by atoms with Crippen molar-refractivity contribution in [3.05, 3.63) is 83.0 Å². The number of rotatable bonds is 16. The van der Waals surface area contributed by atoms with Crippen LogP contribution in [-0.2, 0) is 23.7 Å². The number of fused-ring (bicyclic) bond motifs is 1. The molecule has 368 valence electrons. The fourth-order valence-corrected chi connectivity index (χ4v) is 12.2. The lowest BCUT2D eigenvalue weighted by molar-refractivity contribution is -0.136. The number of methoxy groups -OCH3 is 1. The summed E-state index contributed by atoms with van der Waals surface area (Å²) in [5.74, 6) is -0.566. The fraction of sp³-hybridized carbons (Fsp3) is 0.429. The van der Waals surface area contributed by atoms with Crippen LogP contribution in [0.3, 0.4) is 0 Å². The molecule has 5 heterocycles. The summed E-state index contributed by atoms with van der Waals surface area (Å²) < 4.78 is 18.7. The third kappa shape index (κ3) is 10.7. The van der Waals surface area contributed by atoms with E-state index < -0.39 is 36.8 Å². The van der Waals surface area contributed by atoms with Gasteiger partial charge in [0.15, 0.2) is 5.82 Å². The zero-order chi connectivity index (χ0) is 49.3. The zero-order valence-corrected chi connectivity index (χ0v) is 41.8. The normalized spacial score (nSPS) is 19.4. The Morgan fingerprint density at radius 1 is 0.900 bits per heavy atom. The van der Waals surface area contributed by atoms with Gasteiger partial charge in [-0.1, -0.05) is 29.8 Å². The summed E-state index contributed by atoms with van der Waals surface area (Å²) in [7, 11) is -0.942. The summed E-state index contributed by atoms with van der Waals surface area (Å²) in [4.78, 5) is 94.3. The first kappa shape index (κ1) is 49.0. The van der Waals surface area contributed by atoms with Crippen LogP contribution in [-0.4, -0.2) is 143 Å². The molecule has 4 aromatic rings. The number of benzene rings is 3. The van der Waals surface area contributed by atoms with Gasteiger partial charge in [0.2, 0.25) is 29.6 Å². The maximum Gasteiger partial charge on any atom is 0.264 e. The highest BCUT2D eigenvalue weighted by Crippen LogP contribution is 2.51. The molecule has 4 aliphatic heterocycles. The average Bonchev–Trinajstić information content (AvgIpc) is 4.06. The van der Waals surface area contributed by atoms with Gasteiger partial charge < -0.3 is 35.1 Å². The van der Waals surface area contributed by atoms with E-state index in [-0.39, 0.29) is 52.6 Å². The molecule has 4 N–H and O–H groups in total. The molecule has 0 radical (unpaired) electrons. The maximum atomic E-state index is 13.6. The van der Waals surface area contributed by atoms with Gasteiger partial charge in [-0.15, -0.1) is 0 Å². The monoisotopic (exact) mass is 1010 g/mol. The number of halogens is 1. The number of anilines is 6. The number of para-hydroxylation sites is 1. The van der Waals surface area contributed by atoms with Crippen LogP contribution in [0.4, 0.5) is 34.5 Å². The quantitative estimate of drug-likeness (QED) is 0.0756. The number of imide groups is 2. The first-order valence-electron chi connectivity index (χ1n) is 23.5. The minimum atomic E-state index is -2.57. The molecule has 21 heteroatoms. The minimum absolute atomic E-state index is 0.0136. The Bertz CT molecular complexity index is 2790. The van der Waals surface area contributed by atoms with E-state index in [0.717, 1.165) is 62.4 Å². The second-order valence-corrected chi connectivity index (χ2v) is 23.5. The van der Waals surface area contributed by atoms with Gasteiger partial charge in [-0.3, -0.25) is 43.9 Å². The van der Waals surface area contributed by atoms with Crippen LogP contribution in [0, 0.1) is 5.41 Å². The molecule has 1 aliphatic carbocycles. The molecule has 3 saturated heterocycles. The molecule has 4 fully saturated rings. The smallest absolute Gasteiger partial charge is 0.264 e. The maximum absolute atomic E-state index is 13.6. The van der Waals surface area contributed by atoms with Crippen molar-refractivity contribution in [2.75, 3.05) is 92.1 Å². The Hall–Kier alpha value is -6.01. The summed E-state index contributed by atoms with van der Waals surface area (Å²) in [5, 5.41) is 12.5. The van der Waals surface area contributed by atoms with Gasteiger partial charge in [-0.05, 0) is 93.0 Å². The lowest BCUT2D eigenvalue weighted by atomic mass is 10.0. The van der Waals surface area contributed by atoms with Crippen LogP contribution in [0.25, 0.3) is 0 Å². The van der Waals surface area contributed by atoms with E-state index in [1.165, 1.54) is 24.0 Å². The van der Waals surface area contributed by atoms with Crippen LogP contribution in [0.5, 0.6) is 5.75 Å². The van der Waals surface area contributed by atoms with Crippen molar-refractivity contribution >= 4 is 106 Å². The van der Waals surface area contributed by atoms with E-state index in [0.29, 0.717) is 70.5 Å². The second kappa shape index (κ2) is 20.4. The highest BCUT2D eigenvalue weighted by atomic mass is 35.5. The van der Waals surface area contributed by atoms with Crippen LogP contribution in [0.2, 0.25) is 5.02 Å². The Morgan fingerprint density at radius 3 is 2.36 bits per heavy atom. The molecular weight excluding hydrogens is 955 g/mol. The van der Waals surface area contributed by atoms with Gasteiger partial charge in [-0.2, -0.15) is 16.7 Å². The van der Waals surface area contributed by atoms with Crippen molar-refractivity contribution in [3.63, 3.8) is 0 Å². The van der Waals surface area contributed by atoms with Crippen LogP contribution in [0.1, 0.15) is 65.7 Å². The predicted octanol–water partition coefficient (Wildman–Crippen LogP) is 5.93. The number of thioether (sulfide) groups is 1. The molecule has 1 saturated carbocycles. The predicted molar refractivity (Wildman–Crippen MR) is 271 cm³/mol. The number of nitrogens with one attached hydrogen (secondary N) is 4. The summed E-state index contributed by atoms with van der Waals surface area (Å²) >= 11 is 7.94. The van der Waals surface area contributed by atoms with Gasteiger partial charge in [0.1, 0.15) is 24.0 Å². The Morgan fingerprint density at radius 2 is 1.64 bits per heavy atom. The highest BCUT2D eigenvalue weighted by Gasteiger charge is 2.47. The number of nitrogens with zero attached hydrogens (tertiary/aromatic N) is 6. The third-order valence-electron chi connectivity index (χ3n) is 13.8. The second-order valence-electron chi connectivity index (χ2n) is 18.9. The number of aromatic nitrogens is 2. The fourth-order valence-electron chi connectivity index (χ4n) is 9.76. The van der Waals surface area contributed by atoms with Crippen molar-refractivity contribution in [2.24, 2.45) is 5.41 Å². The number of hydrogen-bond acceptors (Lipinski definition) is 15. The van der Waals surface area contributed by atoms with Gasteiger partial charge in [0.05, 0.1) is 47.2 Å². The van der Waals surface area contributed by atoms with Crippen LogP contribution < -0.4 is 36.2 Å². The van der Waals surface area contributed by atoms with Gasteiger partial charge in [0, 0.05) is 75.2 Å². The number of carbonyl (C=O) groups excluding carboxylic acids is 6. The summed E-state index contributed by atoms with van der Waals surface area (Å²) in [6.07, 6.45) is 5.85. The molecule has 0 bridgehead atoms. The molecule has 70 heavy (non-hydrogen) atoms. The summed E-state index contributed by atoms with van der Waals surface area (Å²) in [5.41, 5.74) is 2.60. The zero-order valence-electron chi connectivity index (χ0n) is 39.3. The molecule has 5 aliphatic rings. The topological polar surface area (TPSA) is 216 Å². The highest BCUT2D eigenvalue weighted by molar-refractivity contribution is 8.00. The van der Waals surface area contributed by atoms with Crippen molar-refractivity contribution < 1.29 is 38.1 Å². The molecular formula is C49H56ClN10O8PS. The third-order valence-corrected chi connectivity index (χ3v) is 16.9. The van der Waals surface area contributed by atoms with Crippen molar-refractivity contribution in [3.8, 4) is 5.75 Å². The van der Waals surface area contributed by atoms with Crippen molar-refractivity contribution in [1.29, 1.82) is 0 Å². The summed E-state index contributed by atoms with van der Waals surface area (Å²) in [6.45, 7) is 8.21. The Labute approximate surface area is 415 Å². The first-order chi connectivity index (χ1) is 33.6. The molecule has 1 unspecified atom stereocenters. The van der Waals surface area contributed by atoms with Gasteiger partial charge in [-0.25, -0.2) is 4.98 Å². The molecule has 9 rings (SSSR count). The van der Waals surface area contributed by atoms with E-state index in [1.54, 1.807) is 32.6 Å². The van der Waals surface area contributed by atoms with E-state index >= 15 is 0 Å². The molecule has 1 atom stereocenters. The van der Waals surface area contributed by atoms with Crippen molar-refractivity contribution in [1.82, 2.24) is 30.0 Å². The minimum Gasteiger partial charge on any atom is -0.494 e. The van der Waals surface area contributed by atoms with E-state index in [2.05, 4.69) is 47.1 Å². The first-order valence-corrected chi connectivity index (χ1v) is 27.6. The van der Waals surface area contributed by atoms with E-state index in [1.807, 2.05) is 41.3 Å². The van der Waals surface area contributed by atoms with Gasteiger partial charge in [0.25, 0.3) is 11.8 Å². The SMILES string of the molecule is COc1cc(N2CCC(N3CCN(C(=O)CC4(CSCC(=O)Nc5cccc6c5C(=O)N(C5CCC(=O)NC5=O)C6=O)CC4)CC3)CC2)ccc1Nc1ncc(Cl)c(Nc2ccccc2P(C)(C)=O)n1. The largest absolute Gasteiger partial charge is 0.494 e. The lowest BCUT2D eigenvalue weighted by Crippen LogP contribution is -2.54. The Balaban J connectivity index is 0.710. The molecule has 6 amide bonds. The Kier molecular flexibility index (Phi) is 14.3. The number of ether oxygens (including phenoxy) is 1. The van der Waals surface area contributed by atoms with Crippen LogP contribution in [0.15, 0.2) is 66.9 Å². The standard InChI is InChI=1S/C49H56ClN10O8PS/c1-68-38-25-31(11-12-34(38)54-48-51-27-33(50)44(56-48)53-35-8-4-5-10-39(35)69(2,3)67)57-19-15-30(16-20-57)58-21-23-59(24-22-58)42(63)26-49(17-18-49)29-70-28-41(62)52-36-9-6-7-32-43(36)47(66)60(46(32)65)37-13-14-40(61)55-45(37)64/h4-12,25,27,30,37H,13-24,26,28-29H2,1-3H3,(H,52,62)(H,55,61,64)(H2,51,53,54,56). The number of piperazine rings is 1. The number of carbonyl (C=O) groups is 6. The molecule has 3 aromatic carbocycles. The number of amides is 6. The average molecular weight is 1010 g/mol. The number of piperidine rings is 2. The molecule has 0 spiro atoms. The van der Waals surface area contributed by atoms with Crippen molar-refractivity contribution in [2.45, 2.75) is 57.0 Å². The summed E-state index contributed by atoms with van der Waals surface area (Å²) in [6, 6.07) is 17.4. The van der Waals surface area contributed by atoms with Gasteiger partial charge >= 0.3 is 0 Å². The lowest BCUT2D eigenvalue weighted by Gasteiger charge is -2.43.